The highest BCUT2D eigenvalue weighted by molar-refractivity contribution is 5.66. The first-order chi connectivity index (χ1) is 7.08. The number of benzene rings is 1. The van der Waals surface area contributed by atoms with Gasteiger partial charge in [0.2, 0.25) is 0 Å². The Kier molecular flexibility index (Phi) is 4.12. The minimum Gasteiger partial charge on any atom is -0.481 e. The SMILES string of the molecule is Nc1ccc(CC(O)CCC(=O)O)cc1. The van der Waals surface area contributed by atoms with Crippen molar-refractivity contribution in [1.82, 2.24) is 0 Å². The van der Waals surface area contributed by atoms with Crippen molar-refractivity contribution >= 4 is 11.7 Å². The van der Waals surface area contributed by atoms with Gasteiger partial charge in [-0.05, 0) is 30.5 Å². The summed E-state index contributed by atoms with van der Waals surface area (Å²) >= 11 is 0. The molecule has 0 amide bonds. The van der Waals surface area contributed by atoms with Crippen LogP contribution in [0.15, 0.2) is 24.3 Å². The van der Waals surface area contributed by atoms with Crippen LogP contribution in [0.1, 0.15) is 18.4 Å². The van der Waals surface area contributed by atoms with Gasteiger partial charge in [0.15, 0.2) is 0 Å². The number of hydrogen-bond acceptors (Lipinski definition) is 3. The van der Waals surface area contributed by atoms with E-state index < -0.39 is 12.1 Å². The van der Waals surface area contributed by atoms with Crippen molar-refractivity contribution in [2.75, 3.05) is 5.73 Å². The number of aliphatic hydroxyl groups excluding tert-OH is 1. The third-order valence-electron chi connectivity index (χ3n) is 2.14. The van der Waals surface area contributed by atoms with E-state index in [1.54, 1.807) is 12.1 Å². The minimum atomic E-state index is -0.883. The Balaban J connectivity index is 2.40. The topological polar surface area (TPSA) is 83.5 Å². The molecule has 1 aromatic carbocycles. The van der Waals surface area contributed by atoms with Crippen LogP contribution in [0.2, 0.25) is 0 Å². The monoisotopic (exact) mass is 209 g/mol. The number of carbonyl (C=O) groups is 1. The average molecular weight is 209 g/mol. The van der Waals surface area contributed by atoms with Gasteiger partial charge in [0, 0.05) is 12.1 Å². The molecule has 0 aromatic heterocycles. The molecule has 0 aliphatic heterocycles. The fourth-order valence-corrected chi connectivity index (χ4v) is 1.32. The molecule has 0 aliphatic carbocycles. The second kappa shape index (κ2) is 5.36. The van der Waals surface area contributed by atoms with Crippen LogP contribution in [0.5, 0.6) is 0 Å². The zero-order valence-corrected chi connectivity index (χ0v) is 8.39. The summed E-state index contributed by atoms with van der Waals surface area (Å²) in [6.07, 6.45) is 0.133. The van der Waals surface area contributed by atoms with E-state index in [1.165, 1.54) is 0 Å². The van der Waals surface area contributed by atoms with Crippen molar-refractivity contribution < 1.29 is 15.0 Å². The number of aliphatic hydroxyl groups is 1. The molecule has 4 nitrogen and oxygen atoms in total. The minimum absolute atomic E-state index is 0.00383. The molecule has 1 rings (SSSR count). The van der Waals surface area contributed by atoms with E-state index in [1.807, 2.05) is 12.1 Å². The molecule has 0 bridgehead atoms. The van der Waals surface area contributed by atoms with Crippen molar-refractivity contribution in [2.45, 2.75) is 25.4 Å². The van der Waals surface area contributed by atoms with E-state index in [4.69, 9.17) is 10.8 Å². The second-order valence-electron chi connectivity index (χ2n) is 3.53. The van der Waals surface area contributed by atoms with Crippen molar-refractivity contribution in [2.24, 2.45) is 0 Å². The van der Waals surface area contributed by atoms with Gasteiger partial charge in [-0.25, -0.2) is 0 Å². The Morgan fingerprint density at radius 1 is 1.33 bits per heavy atom. The molecular formula is C11H15NO3. The standard InChI is InChI=1S/C11H15NO3/c12-9-3-1-8(2-4-9)7-10(13)5-6-11(14)15/h1-4,10,13H,5-7,12H2,(H,14,15). The third kappa shape index (κ3) is 4.46. The van der Waals surface area contributed by atoms with E-state index >= 15 is 0 Å². The van der Waals surface area contributed by atoms with E-state index in [9.17, 15) is 9.90 Å². The molecule has 82 valence electrons. The largest absolute Gasteiger partial charge is 0.481 e. The summed E-state index contributed by atoms with van der Waals surface area (Å²) in [7, 11) is 0. The second-order valence-corrected chi connectivity index (χ2v) is 3.53. The first kappa shape index (κ1) is 11.5. The molecule has 0 radical (unpaired) electrons. The number of aliphatic carboxylic acids is 1. The third-order valence-corrected chi connectivity index (χ3v) is 2.14. The Bertz CT molecular complexity index is 321. The molecule has 1 unspecified atom stereocenters. The molecule has 4 N–H and O–H groups in total. The quantitative estimate of drug-likeness (QED) is 0.632. The van der Waals surface area contributed by atoms with Crippen LogP contribution in [-0.2, 0) is 11.2 Å². The van der Waals surface area contributed by atoms with E-state index in [0.29, 0.717) is 12.1 Å². The lowest BCUT2D eigenvalue weighted by atomic mass is 10.0. The van der Waals surface area contributed by atoms with Crippen molar-refractivity contribution in [3.63, 3.8) is 0 Å². The molecule has 1 aromatic rings. The number of nitrogen functional groups attached to an aromatic ring is 1. The summed E-state index contributed by atoms with van der Waals surface area (Å²) in [5, 5.41) is 18.0. The predicted octanol–water partition coefficient (Wildman–Crippen LogP) is 1.04. The molecule has 0 saturated carbocycles. The molecule has 4 heteroatoms. The lowest BCUT2D eigenvalue weighted by molar-refractivity contribution is -0.137. The van der Waals surface area contributed by atoms with Gasteiger partial charge in [-0.3, -0.25) is 4.79 Å². The summed E-state index contributed by atoms with van der Waals surface area (Å²) in [5.41, 5.74) is 7.16. The van der Waals surface area contributed by atoms with Crippen LogP contribution in [0, 0.1) is 0 Å². The van der Waals surface area contributed by atoms with Gasteiger partial charge in [-0.1, -0.05) is 12.1 Å². The number of nitrogens with two attached hydrogens (primary N) is 1. The molecule has 1 atom stereocenters. The van der Waals surface area contributed by atoms with Gasteiger partial charge in [0.05, 0.1) is 6.10 Å². The Morgan fingerprint density at radius 2 is 1.93 bits per heavy atom. The van der Waals surface area contributed by atoms with Crippen LogP contribution < -0.4 is 5.73 Å². The normalized spacial score (nSPS) is 12.3. The number of anilines is 1. The maximum Gasteiger partial charge on any atom is 0.303 e. The van der Waals surface area contributed by atoms with Crippen LogP contribution >= 0.6 is 0 Å². The number of hydrogen-bond donors (Lipinski definition) is 3. The highest BCUT2D eigenvalue weighted by atomic mass is 16.4. The highest BCUT2D eigenvalue weighted by Crippen LogP contribution is 2.10. The number of rotatable bonds is 5. The van der Waals surface area contributed by atoms with Gasteiger partial charge >= 0.3 is 5.97 Å². The number of carboxylic acids is 1. The van der Waals surface area contributed by atoms with Crippen LogP contribution in [-0.4, -0.2) is 22.3 Å². The predicted molar refractivity (Wildman–Crippen MR) is 57.4 cm³/mol. The van der Waals surface area contributed by atoms with Crippen molar-refractivity contribution in [1.29, 1.82) is 0 Å². The summed E-state index contributed by atoms with van der Waals surface area (Å²) in [6, 6.07) is 7.19. The van der Waals surface area contributed by atoms with Gasteiger partial charge in [-0.2, -0.15) is 0 Å². The van der Waals surface area contributed by atoms with E-state index in [-0.39, 0.29) is 12.8 Å². The van der Waals surface area contributed by atoms with Gasteiger partial charge in [0.1, 0.15) is 0 Å². The molecule has 15 heavy (non-hydrogen) atoms. The van der Waals surface area contributed by atoms with Crippen LogP contribution in [0.3, 0.4) is 0 Å². The van der Waals surface area contributed by atoms with E-state index in [2.05, 4.69) is 0 Å². The lowest BCUT2D eigenvalue weighted by Gasteiger charge is -2.09. The Labute approximate surface area is 88.3 Å². The van der Waals surface area contributed by atoms with Crippen molar-refractivity contribution in [3.05, 3.63) is 29.8 Å². The summed E-state index contributed by atoms with van der Waals surface area (Å²) < 4.78 is 0. The van der Waals surface area contributed by atoms with Gasteiger partial charge in [-0.15, -0.1) is 0 Å². The lowest BCUT2D eigenvalue weighted by Crippen LogP contribution is -2.12. The smallest absolute Gasteiger partial charge is 0.303 e. The van der Waals surface area contributed by atoms with E-state index in [0.717, 1.165) is 5.56 Å². The van der Waals surface area contributed by atoms with Crippen LogP contribution in [0.4, 0.5) is 5.69 Å². The zero-order valence-electron chi connectivity index (χ0n) is 8.39. The van der Waals surface area contributed by atoms with Gasteiger partial charge in [0.25, 0.3) is 0 Å². The molecule has 0 aliphatic rings. The number of carboxylic acid groups (broad SMARTS) is 1. The molecule has 0 spiro atoms. The Hall–Kier alpha value is -1.55. The fourth-order valence-electron chi connectivity index (χ4n) is 1.32. The molecular weight excluding hydrogens is 194 g/mol. The molecule has 0 fully saturated rings. The molecule has 0 heterocycles. The van der Waals surface area contributed by atoms with Gasteiger partial charge < -0.3 is 15.9 Å². The first-order valence-corrected chi connectivity index (χ1v) is 4.82. The Morgan fingerprint density at radius 3 is 2.47 bits per heavy atom. The fraction of sp³-hybridized carbons (Fsp3) is 0.364. The van der Waals surface area contributed by atoms with Crippen LogP contribution in [0.25, 0.3) is 0 Å². The maximum atomic E-state index is 10.3. The maximum absolute atomic E-state index is 10.3. The zero-order chi connectivity index (χ0) is 11.3. The summed E-state index contributed by atoms with van der Waals surface area (Å²) in [5.74, 6) is -0.883. The molecule has 0 saturated heterocycles. The highest BCUT2D eigenvalue weighted by Gasteiger charge is 2.07. The van der Waals surface area contributed by atoms with Crippen molar-refractivity contribution in [3.8, 4) is 0 Å². The first-order valence-electron chi connectivity index (χ1n) is 4.82. The average Bonchev–Trinajstić information content (AvgIpc) is 2.19. The summed E-state index contributed by atoms with van der Waals surface area (Å²) in [4.78, 5) is 10.3. The summed E-state index contributed by atoms with van der Waals surface area (Å²) in [6.45, 7) is 0.